The summed E-state index contributed by atoms with van der Waals surface area (Å²) >= 11 is 0. The van der Waals surface area contributed by atoms with Crippen LogP contribution in [0.3, 0.4) is 0 Å². The van der Waals surface area contributed by atoms with Crippen molar-refractivity contribution in [1.82, 2.24) is 4.98 Å². The maximum absolute atomic E-state index is 8.74. The van der Waals surface area contributed by atoms with E-state index in [1.807, 2.05) is 0 Å². The van der Waals surface area contributed by atoms with Crippen LogP contribution in [0, 0.1) is 5.41 Å². The molecule has 1 saturated heterocycles. The summed E-state index contributed by atoms with van der Waals surface area (Å²) in [6, 6.07) is 1.77. The van der Waals surface area contributed by atoms with E-state index in [0.717, 1.165) is 37.2 Å². The fourth-order valence-corrected chi connectivity index (χ4v) is 2.35. The molecule has 4 N–H and O–H groups in total. The van der Waals surface area contributed by atoms with Gasteiger partial charge in [-0.1, -0.05) is 0 Å². The topological polar surface area (TPSA) is 95.5 Å². The number of nitrogens with zero attached hydrogens (tertiary/aromatic N) is 2. The molecule has 0 spiro atoms. The second-order valence-corrected chi connectivity index (χ2v) is 4.59. The van der Waals surface area contributed by atoms with Crippen molar-refractivity contribution in [2.75, 3.05) is 31.2 Å². The molecule has 2 heterocycles. The first-order valence-electron chi connectivity index (χ1n) is 6.48. The van der Waals surface area contributed by atoms with Gasteiger partial charge >= 0.3 is 0 Å². The summed E-state index contributed by atoms with van der Waals surface area (Å²) in [4.78, 5) is 6.30. The Morgan fingerprint density at radius 1 is 1.53 bits per heavy atom. The molecule has 1 aliphatic rings. The van der Waals surface area contributed by atoms with Crippen LogP contribution in [-0.2, 0) is 4.74 Å². The molecule has 1 fully saturated rings. The zero-order valence-electron chi connectivity index (χ0n) is 10.9. The summed E-state index contributed by atoms with van der Waals surface area (Å²) in [6.07, 6.45) is 5.43. The quantitative estimate of drug-likeness (QED) is 0.526. The first kappa shape index (κ1) is 13.8. The number of aliphatic hydroxyl groups is 1. The number of nitrogen functional groups attached to an aromatic ring is 1. The molecule has 1 aromatic heterocycles. The van der Waals surface area contributed by atoms with Gasteiger partial charge in [-0.2, -0.15) is 0 Å². The number of pyridine rings is 1. The Hall–Kier alpha value is -1.66. The molecule has 0 aliphatic carbocycles. The maximum Gasteiger partial charge on any atom is 0.125 e. The van der Waals surface area contributed by atoms with E-state index >= 15 is 0 Å². The lowest BCUT2D eigenvalue weighted by atomic mass is 10.1. The summed E-state index contributed by atoms with van der Waals surface area (Å²) < 4.78 is 5.53. The molecule has 0 atom stereocenters. The molecule has 0 unspecified atom stereocenters. The van der Waals surface area contributed by atoms with Gasteiger partial charge in [-0.3, -0.25) is 10.4 Å². The van der Waals surface area contributed by atoms with Gasteiger partial charge in [-0.25, -0.2) is 0 Å². The minimum atomic E-state index is 0.0658. The van der Waals surface area contributed by atoms with Gasteiger partial charge in [0.2, 0.25) is 0 Å². The molecule has 0 aromatic carbocycles. The highest BCUT2D eigenvalue weighted by Crippen LogP contribution is 2.23. The lowest BCUT2D eigenvalue weighted by Gasteiger charge is -2.34. The fraction of sp³-hybridized carbons (Fsp3) is 0.538. The molecule has 0 saturated carbocycles. The van der Waals surface area contributed by atoms with Crippen molar-refractivity contribution < 1.29 is 9.84 Å². The van der Waals surface area contributed by atoms with Crippen LogP contribution in [0.25, 0.3) is 0 Å². The number of nitrogens with two attached hydrogens (primary N) is 1. The van der Waals surface area contributed by atoms with Crippen molar-refractivity contribution in [3.63, 3.8) is 0 Å². The van der Waals surface area contributed by atoms with Crippen LogP contribution in [-0.4, -0.2) is 48.3 Å². The lowest BCUT2D eigenvalue weighted by Crippen LogP contribution is -2.38. The predicted octanol–water partition coefficient (Wildman–Crippen LogP) is 0.343. The van der Waals surface area contributed by atoms with Crippen LogP contribution in [0.5, 0.6) is 0 Å². The van der Waals surface area contributed by atoms with Gasteiger partial charge in [0.1, 0.15) is 5.84 Å². The highest BCUT2D eigenvalue weighted by atomic mass is 16.5. The van der Waals surface area contributed by atoms with Gasteiger partial charge < -0.3 is 20.5 Å². The lowest BCUT2D eigenvalue weighted by molar-refractivity contribution is 0.0159. The van der Waals surface area contributed by atoms with Crippen molar-refractivity contribution in [1.29, 1.82) is 5.41 Å². The zero-order chi connectivity index (χ0) is 13.7. The molecule has 6 heteroatoms. The third-order valence-electron chi connectivity index (χ3n) is 3.32. The van der Waals surface area contributed by atoms with Crippen LogP contribution < -0.4 is 10.6 Å². The Morgan fingerprint density at radius 2 is 2.26 bits per heavy atom. The third-order valence-corrected chi connectivity index (χ3v) is 3.32. The van der Waals surface area contributed by atoms with Crippen molar-refractivity contribution in [2.24, 2.45) is 5.73 Å². The minimum absolute atomic E-state index is 0.0658. The SMILES string of the molecule is N=C(N)c1ccncc1N1CCC(OCCO)CC1. The molecule has 1 aliphatic heterocycles. The number of hydrogen-bond acceptors (Lipinski definition) is 5. The summed E-state index contributed by atoms with van der Waals surface area (Å²) in [5, 5.41) is 16.3. The molecule has 0 amide bonds. The summed E-state index contributed by atoms with van der Waals surface area (Å²) in [7, 11) is 0. The van der Waals surface area contributed by atoms with E-state index in [1.54, 1.807) is 18.5 Å². The van der Waals surface area contributed by atoms with Gasteiger partial charge in [-0.05, 0) is 18.9 Å². The number of piperidine rings is 1. The van der Waals surface area contributed by atoms with Gasteiger partial charge in [0.25, 0.3) is 0 Å². The van der Waals surface area contributed by atoms with Crippen molar-refractivity contribution in [2.45, 2.75) is 18.9 Å². The van der Waals surface area contributed by atoms with Crippen LogP contribution in [0.1, 0.15) is 18.4 Å². The highest BCUT2D eigenvalue weighted by molar-refractivity contribution is 6.00. The number of ether oxygens (including phenoxy) is 1. The molecule has 6 nitrogen and oxygen atoms in total. The molecule has 0 bridgehead atoms. The molecular formula is C13H20N4O2. The molecular weight excluding hydrogens is 244 g/mol. The van der Waals surface area contributed by atoms with E-state index < -0.39 is 0 Å². The summed E-state index contributed by atoms with van der Waals surface area (Å²) in [5.74, 6) is 0.0658. The van der Waals surface area contributed by atoms with E-state index in [4.69, 9.17) is 21.0 Å². The van der Waals surface area contributed by atoms with Gasteiger partial charge in [0.15, 0.2) is 0 Å². The second kappa shape index (κ2) is 6.49. The fourth-order valence-electron chi connectivity index (χ4n) is 2.35. The second-order valence-electron chi connectivity index (χ2n) is 4.59. The van der Waals surface area contributed by atoms with Crippen LogP contribution in [0.2, 0.25) is 0 Å². The Bertz CT molecular complexity index is 430. The van der Waals surface area contributed by atoms with E-state index in [2.05, 4.69) is 9.88 Å². The molecule has 2 rings (SSSR count). The highest BCUT2D eigenvalue weighted by Gasteiger charge is 2.22. The number of nitrogens with one attached hydrogen (secondary N) is 1. The average molecular weight is 264 g/mol. The van der Waals surface area contributed by atoms with Crippen LogP contribution in [0.4, 0.5) is 5.69 Å². The number of rotatable bonds is 5. The van der Waals surface area contributed by atoms with Crippen molar-refractivity contribution in [3.05, 3.63) is 24.0 Å². The van der Waals surface area contributed by atoms with Crippen LogP contribution in [0.15, 0.2) is 18.5 Å². The maximum atomic E-state index is 8.74. The molecule has 104 valence electrons. The predicted molar refractivity (Wildman–Crippen MR) is 73.5 cm³/mol. The Balaban J connectivity index is 2.00. The van der Waals surface area contributed by atoms with E-state index in [-0.39, 0.29) is 18.5 Å². The Kier molecular flexibility index (Phi) is 4.70. The molecule has 1 aromatic rings. The first-order chi connectivity index (χ1) is 9.22. The minimum Gasteiger partial charge on any atom is -0.394 e. The number of hydrogen-bond donors (Lipinski definition) is 3. The number of anilines is 1. The van der Waals surface area contributed by atoms with Crippen molar-refractivity contribution in [3.8, 4) is 0 Å². The summed E-state index contributed by atoms with van der Waals surface area (Å²) in [6.45, 7) is 2.16. The normalized spacial score (nSPS) is 16.6. The van der Waals surface area contributed by atoms with E-state index in [9.17, 15) is 0 Å². The number of aliphatic hydroxyl groups excluding tert-OH is 1. The van der Waals surface area contributed by atoms with Gasteiger partial charge in [-0.15, -0.1) is 0 Å². The van der Waals surface area contributed by atoms with Gasteiger partial charge in [0, 0.05) is 24.8 Å². The van der Waals surface area contributed by atoms with Crippen molar-refractivity contribution >= 4 is 11.5 Å². The third kappa shape index (κ3) is 3.42. The summed E-state index contributed by atoms with van der Waals surface area (Å²) in [5.41, 5.74) is 7.23. The molecule has 0 radical (unpaired) electrons. The Morgan fingerprint density at radius 3 is 2.89 bits per heavy atom. The van der Waals surface area contributed by atoms with E-state index in [1.165, 1.54) is 0 Å². The van der Waals surface area contributed by atoms with Crippen LogP contribution >= 0.6 is 0 Å². The first-order valence-corrected chi connectivity index (χ1v) is 6.48. The Labute approximate surface area is 112 Å². The monoisotopic (exact) mass is 264 g/mol. The zero-order valence-corrected chi connectivity index (χ0v) is 10.9. The largest absolute Gasteiger partial charge is 0.394 e. The number of amidine groups is 1. The molecule has 19 heavy (non-hydrogen) atoms. The number of aromatic nitrogens is 1. The van der Waals surface area contributed by atoms with Gasteiger partial charge in [0.05, 0.1) is 31.2 Å². The van der Waals surface area contributed by atoms with E-state index in [0.29, 0.717) is 6.61 Å². The smallest absolute Gasteiger partial charge is 0.125 e. The average Bonchev–Trinajstić information content (AvgIpc) is 2.45. The standard InChI is InChI=1S/C13H20N4O2/c14-13(15)11-1-4-16-9-12(11)17-5-2-10(3-6-17)19-8-7-18/h1,4,9-10,18H,2-3,5-8H2,(H3,14,15).